The highest BCUT2D eigenvalue weighted by Crippen LogP contribution is 2.18. The largest absolute Gasteiger partial charge is 0.358 e. The second kappa shape index (κ2) is 5.54. The van der Waals surface area contributed by atoms with Crippen molar-refractivity contribution in [3.05, 3.63) is 11.3 Å². The second-order valence-corrected chi connectivity index (χ2v) is 4.26. The normalized spacial score (nSPS) is 11.8. The van der Waals surface area contributed by atoms with Crippen molar-refractivity contribution in [1.29, 1.82) is 5.26 Å². The number of anilines is 1. The first-order valence-corrected chi connectivity index (χ1v) is 5.87. The van der Waals surface area contributed by atoms with E-state index in [0.29, 0.717) is 23.6 Å². The summed E-state index contributed by atoms with van der Waals surface area (Å²) in [6.45, 7) is 6.12. The zero-order valence-corrected chi connectivity index (χ0v) is 11.5. The molecule has 98 valence electrons. The maximum Gasteiger partial charge on any atom is 0.244 e. The van der Waals surface area contributed by atoms with Gasteiger partial charge >= 0.3 is 0 Å². The van der Waals surface area contributed by atoms with Crippen molar-refractivity contribution in [1.82, 2.24) is 14.7 Å². The lowest BCUT2D eigenvalue weighted by Gasteiger charge is -2.21. The van der Waals surface area contributed by atoms with Gasteiger partial charge in [-0.1, -0.05) is 0 Å². The summed E-state index contributed by atoms with van der Waals surface area (Å²) in [5.74, 6) is 0.570. The lowest BCUT2D eigenvalue weighted by atomic mass is 10.2. The van der Waals surface area contributed by atoms with Crippen LogP contribution in [0.1, 0.15) is 25.1 Å². The second-order valence-electron chi connectivity index (χ2n) is 4.26. The van der Waals surface area contributed by atoms with Crippen molar-refractivity contribution in [2.75, 3.05) is 18.9 Å². The predicted octanol–water partition coefficient (Wildman–Crippen LogP) is 0.879. The van der Waals surface area contributed by atoms with E-state index in [2.05, 4.69) is 16.5 Å². The molecule has 1 heterocycles. The minimum Gasteiger partial charge on any atom is -0.358 e. The number of carbonyl (C=O) groups is 1. The molecule has 0 fully saturated rings. The molecule has 0 bridgehead atoms. The third-order valence-corrected chi connectivity index (χ3v) is 2.91. The third-order valence-electron chi connectivity index (χ3n) is 2.91. The Labute approximate surface area is 107 Å². The van der Waals surface area contributed by atoms with Crippen molar-refractivity contribution in [3.8, 4) is 6.07 Å². The van der Waals surface area contributed by atoms with Gasteiger partial charge in [0, 0.05) is 20.6 Å². The van der Waals surface area contributed by atoms with Crippen LogP contribution in [0, 0.1) is 18.3 Å². The smallest absolute Gasteiger partial charge is 0.244 e. The summed E-state index contributed by atoms with van der Waals surface area (Å²) in [5, 5.41) is 16.3. The highest BCUT2D eigenvalue weighted by Gasteiger charge is 2.20. The summed E-state index contributed by atoms with van der Waals surface area (Å²) in [7, 11) is 3.50. The number of carbonyl (C=O) groups excluding carboxylic acids is 1. The number of rotatable bonds is 4. The van der Waals surface area contributed by atoms with E-state index in [9.17, 15) is 4.79 Å². The van der Waals surface area contributed by atoms with Gasteiger partial charge in [0.25, 0.3) is 0 Å². The van der Waals surface area contributed by atoms with E-state index in [1.807, 2.05) is 6.92 Å². The van der Waals surface area contributed by atoms with Gasteiger partial charge in [-0.15, -0.1) is 0 Å². The fourth-order valence-corrected chi connectivity index (χ4v) is 1.71. The topological polar surface area (TPSA) is 74.0 Å². The third kappa shape index (κ3) is 2.62. The molecule has 0 radical (unpaired) electrons. The fraction of sp³-hybridized carbons (Fsp3) is 0.583. The first-order chi connectivity index (χ1) is 8.42. The van der Waals surface area contributed by atoms with Gasteiger partial charge < -0.3 is 10.2 Å². The molecule has 1 atom stereocenters. The fourth-order valence-electron chi connectivity index (χ4n) is 1.71. The molecule has 0 aliphatic heterocycles. The Morgan fingerprint density at radius 3 is 2.78 bits per heavy atom. The van der Waals surface area contributed by atoms with Gasteiger partial charge in [-0.25, -0.2) is 0 Å². The average molecular weight is 249 g/mol. The molecule has 0 saturated carbocycles. The highest BCUT2D eigenvalue weighted by atomic mass is 16.2. The Kier molecular flexibility index (Phi) is 4.32. The zero-order valence-electron chi connectivity index (χ0n) is 11.5. The van der Waals surface area contributed by atoms with Gasteiger partial charge in [0.05, 0.1) is 5.69 Å². The molecule has 0 aliphatic carbocycles. The summed E-state index contributed by atoms with van der Waals surface area (Å²) >= 11 is 0. The van der Waals surface area contributed by atoms with E-state index in [1.165, 1.54) is 0 Å². The van der Waals surface area contributed by atoms with E-state index in [1.54, 1.807) is 37.5 Å². The average Bonchev–Trinajstić information content (AvgIpc) is 2.61. The zero-order chi connectivity index (χ0) is 13.9. The van der Waals surface area contributed by atoms with Crippen LogP contribution in [-0.2, 0) is 11.8 Å². The molecule has 1 unspecified atom stereocenters. The number of likely N-dealkylation sites (N-methyl/N-ethyl adjacent to an activating group) is 1. The molecule has 1 aromatic heterocycles. The molecular formula is C12H19N5O. The van der Waals surface area contributed by atoms with Crippen LogP contribution in [0.2, 0.25) is 0 Å². The van der Waals surface area contributed by atoms with Gasteiger partial charge in [0.2, 0.25) is 5.91 Å². The quantitative estimate of drug-likeness (QED) is 0.859. The summed E-state index contributed by atoms with van der Waals surface area (Å²) < 4.78 is 1.59. The number of aromatic nitrogens is 2. The summed E-state index contributed by atoms with van der Waals surface area (Å²) in [6.07, 6.45) is 0. The van der Waals surface area contributed by atoms with E-state index in [0.717, 1.165) is 0 Å². The van der Waals surface area contributed by atoms with Gasteiger partial charge in [0.1, 0.15) is 23.5 Å². The number of nitriles is 1. The molecular weight excluding hydrogens is 230 g/mol. The van der Waals surface area contributed by atoms with Crippen LogP contribution in [0.3, 0.4) is 0 Å². The first-order valence-electron chi connectivity index (χ1n) is 5.87. The lowest BCUT2D eigenvalue weighted by Crippen LogP contribution is -2.39. The Hall–Kier alpha value is -2.03. The molecule has 0 saturated heterocycles. The Balaban J connectivity index is 2.92. The molecule has 6 nitrogen and oxygen atoms in total. The summed E-state index contributed by atoms with van der Waals surface area (Å²) in [5.41, 5.74) is 1.14. The van der Waals surface area contributed by atoms with Crippen LogP contribution >= 0.6 is 0 Å². The molecule has 1 amide bonds. The van der Waals surface area contributed by atoms with Crippen molar-refractivity contribution in [2.24, 2.45) is 7.05 Å². The van der Waals surface area contributed by atoms with E-state index in [-0.39, 0.29) is 5.91 Å². The Bertz CT molecular complexity index is 485. The monoisotopic (exact) mass is 249 g/mol. The maximum absolute atomic E-state index is 11.9. The molecule has 18 heavy (non-hydrogen) atoms. The minimum absolute atomic E-state index is 0.0137. The van der Waals surface area contributed by atoms with Gasteiger partial charge in [-0.2, -0.15) is 10.4 Å². The molecule has 6 heteroatoms. The van der Waals surface area contributed by atoms with Crippen LogP contribution in [0.4, 0.5) is 5.82 Å². The van der Waals surface area contributed by atoms with Gasteiger partial charge in [-0.3, -0.25) is 9.48 Å². The first kappa shape index (κ1) is 14.0. The number of amides is 1. The van der Waals surface area contributed by atoms with Gasteiger partial charge in [-0.05, 0) is 20.8 Å². The van der Waals surface area contributed by atoms with Crippen LogP contribution < -0.4 is 5.32 Å². The van der Waals surface area contributed by atoms with E-state index >= 15 is 0 Å². The molecule has 0 aliphatic rings. The predicted molar refractivity (Wildman–Crippen MR) is 69.1 cm³/mol. The molecule has 0 aromatic carbocycles. The van der Waals surface area contributed by atoms with Gasteiger partial charge in [0.15, 0.2) is 0 Å². The molecule has 0 spiro atoms. The summed E-state index contributed by atoms with van der Waals surface area (Å²) in [4.78, 5) is 13.6. The number of hydrogen-bond acceptors (Lipinski definition) is 4. The number of aryl methyl sites for hydroxylation is 2. The standard InChI is InChI=1S/C12H19N5O/c1-6-16(4)12(18)9(3)14-11-10(7-13)8(2)15-17(11)5/h9,14H,6H2,1-5H3. The Morgan fingerprint density at radius 1 is 1.67 bits per heavy atom. The lowest BCUT2D eigenvalue weighted by molar-refractivity contribution is -0.130. The van der Waals surface area contributed by atoms with Crippen LogP contribution in [0.15, 0.2) is 0 Å². The Morgan fingerprint density at radius 2 is 2.28 bits per heavy atom. The molecule has 1 rings (SSSR count). The van der Waals surface area contributed by atoms with Crippen LogP contribution in [-0.4, -0.2) is 40.2 Å². The van der Waals surface area contributed by atoms with Crippen molar-refractivity contribution in [2.45, 2.75) is 26.8 Å². The number of nitrogens with zero attached hydrogens (tertiary/aromatic N) is 4. The molecule has 1 aromatic rings. The van der Waals surface area contributed by atoms with Crippen molar-refractivity contribution >= 4 is 11.7 Å². The number of nitrogens with one attached hydrogen (secondary N) is 1. The summed E-state index contributed by atoms with van der Waals surface area (Å²) in [6, 6.07) is 1.71. The van der Waals surface area contributed by atoms with Crippen LogP contribution in [0.5, 0.6) is 0 Å². The van der Waals surface area contributed by atoms with E-state index in [4.69, 9.17) is 5.26 Å². The molecule has 1 N–H and O–H groups in total. The maximum atomic E-state index is 11.9. The SMILES string of the molecule is CCN(C)C(=O)C(C)Nc1c(C#N)c(C)nn1C. The van der Waals surface area contributed by atoms with E-state index < -0.39 is 6.04 Å². The van der Waals surface area contributed by atoms with Crippen LogP contribution in [0.25, 0.3) is 0 Å². The number of hydrogen-bond donors (Lipinski definition) is 1. The highest BCUT2D eigenvalue weighted by molar-refractivity contribution is 5.84. The minimum atomic E-state index is -0.392. The van der Waals surface area contributed by atoms with Crippen molar-refractivity contribution in [3.63, 3.8) is 0 Å². The van der Waals surface area contributed by atoms with Crippen molar-refractivity contribution < 1.29 is 4.79 Å².